The van der Waals surface area contributed by atoms with Gasteiger partial charge in [0.1, 0.15) is 31.0 Å². The number of aliphatic hydroxyl groups is 3. The molecule has 2 rings (SSSR count). The fourth-order valence-corrected chi connectivity index (χ4v) is 2.20. The van der Waals surface area contributed by atoms with Gasteiger partial charge in [-0.15, -0.1) is 0 Å². The quantitative estimate of drug-likeness (QED) is 0.522. The predicted molar refractivity (Wildman–Crippen MR) is 64.1 cm³/mol. The lowest BCUT2D eigenvalue weighted by molar-refractivity contribution is -0.141. The Morgan fingerprint density at radius 2 is 1.91 bits per heavy atom. The number of aromatic nitrogens is 2. The topological polar surface area (TPSA) is 125 Å². The molecule has 0 aliphatic carbocycles. The zero-order chi connectivity index (χ0) is 16.7. The Bertz CT molecular complexity index is 654. The van der Waals surface area contributed by atoms with Gasteiger partial charge in [0, 0.05) is 6.20 Å². The van der Waals surface area contributed by atoms with Crippen LogP contribution in [0.25, 0.3) is 0 Å². The van der Waals surface area contributed by atoms with Gasteiger partial charge in [-0.1, -0.05) is 0 Å². The Labute approximate surface area is 120 Å². The van der Waals surface area contributed by atoms with Crippen LogP contribution in [0.1, 0.15) is 11.7 Å². The van der Waals surface area contributed by atoms with Gasteiger partial charge in [0.05, 0.1) is 12.2 Å². The third-order valence-corrected chi connectivity index (χ3v) is 3.24. The number of H-pyrrole nitrogens is 1. The Morgan fingerprint density at radius 3 is 2.41 bits per heavy atom. The molecule has 4 atom stereocenters. The molecular formula is C11H13F3N2O6. The van der Waals surface area contributed by atoms with Crippen molar-refractivity contribution in [3.05, 3.63) is 32.6 Å². The Hall–Kier alpha value is -1.69. The number of rotatable bonds is 3. The first-order valence-corrected chi connectivity index (χ1v) is 6.17. The van der Waals surface area contributed by atoms with Crippen LogP contribution in [0.15, 0.2) is 15.8 Å². The third kappa shape index (κ3) is 3.21. The second-order valence-electron chi connectivity index (χ2n) is 4.85. The van der Waals surface area contributed by atoms with Gasteiger partial charge in [-0.3, -0.25) is 14.3 Å². The van der Waals surface area contributed by atoms with Crippen LogP contribution < -0.4 is 11.2 Å². The molecule has 8 nitrogen and oxygen atoms in total. The first-order chi connectivity index (χ1) is 10.1. The van der Waals surface area contributed by atoms with Crippen LogP contribution in [-0.4, -0.2) is 56.0 Å². The molecular weight excluding hydrogens is 313 g/mol. The maximum absolute atomic E-state index is 12.4. The van der Waals surface area contributed by atoms with Gasteiger partial charge in [-0.2, -0.15) is 13.2 Å². The highest BCUT2D eigenvalue weighted by molar-refractivity contribution is 5.14. The minimum Gasteiger partial charge on any atom is -0.394 e. The summed E-state index contributed by atoms with van der Waals surface area (Å²) in [7, 11) is 0. The molecule has 0 radical (unpaired) electrons. The van der Waals surface area contributed by atoms with Crippen molar-refractivity contribution in [2.75, 3.05) is 6.61 Å². The number of aliphatic hydroxyl groups excluding tert-OH is 3. The van der Waals surface area contributed by atoms with Gasteiger partial charge in [-0.25, -0.2) is 4.79 Å². The van der Waals surface area contributed by atoms with E-state index in [9.17, 15) is 33.0 Å². The van der Waals surface area contributed by atoms with E-state index >= 15 is 0 Å². The number of ether oxygens (including phenoxy) is 1. The van der Waals surface area contributed by atoms with Gasteiger partial charge in [0.2, 0.25) is 0 Å². The normalized spacial score (nSPS) is 29.0. The Morgan fingerprint density at radius 1 is 1.27 bits per heavy atom. The fourth-order valence-electron chi connectivity index (χ4n) is 2.20. The second-order valence-corrected chi connectivity index (χ2v) is 4.85. The average molecular weight is 326 g/mol. The summed E-state index contributed by atoms with van der Waals surface area (Å²) < 4.78 is 42.4. The summed E-state index contributed by atoms with van der Waals surface area (Å²) in [5, 5.41) is 28.3. The molecule has 1 saturated heterocycles. The van der Waals surface area contributed by atoms with E-state index in [-0.39, 0.29) is 4.57 Å². The zero-order valence-electron chi connectivity index (χ0n) is 10.9. The van der Waals surface area contributed by atoms with Gasteiger partial charge in [0.25, 0.3) is 5.56 Å². The summed E-state index contributed by atoms with van der Waals surface area (Å²) in [6, 6.07) is 0. The van der Waals surface area contributed by atoms with Crippen molar-refractivity contribution in [3.63, 3.8) is 0 Å². The molecule has 0 unspecified atom stereocenters. The van der Waals surface area contributed by atoms with Gasteiger partial charge in [-0.05, 0) is 0 Å². The smallest absolute Gasteiger partial charge is 0.394 e. The van der Waals surface area contributed by atoms with Crippen molar-refractivity contribution in [3.8, 4) is 0 Å². The molecule has 1 aromatic heterocycles. The lowest BCUT2D eigenvalue weighted by Crippen LogP contribution is -2.38. The van der Waals surface area contributed by atoms with Crippen molar-refractivity contribution < 1.29 is 33.2 Å². The summed E-state index contributed by atoms with van der Waals surface area (Å²) in [6.07, 6.45) is -9.87. The zero-order valence-corrected chi connectivity index (χ0v) is 10.9. The summed E-state index contributed by atoms with van der Waals surface area (Å²) in [6.45, 7) is -2.29. The van der Waals surface area contributed by atoms with Gasteiger partial charge >= 0.3 is 11.9 Å². The van der Waals surface area contributed by atoms with Crippen molar-refractivity contribution in [1.82, 2.24) is 9.55 Å². The van der Waals surface area contributed by atoms with E-state index < -0.39 is 60.6 Å². The fraction of sp³-hybridized carbons (Fsp3) is 0.636. The molecule has 1 aromatic rings. The summed E-state index contributed by atoms with van der Waals surface area (Å²) in [4.78, 5) is 24.8. The van der Waals surface area contributed by atoms with E-state index in [1.165, 1.54) is 0 Å². The molecule has 0 amide bonds. The SMILES string of the molecule is O=c1[nH]c(=O)n(CC(F)(F)F)cc1[C@@H]1O[C@H](CO)[C@H](O)[C@@H]1O. The highest BCUT2D eigenvalue weighted by atomic mass is 19.4. The number of halogens is 3. The second kappa shape index (κ2) is 5.83. The molecule has 1 aliphatic heterocycles. The van der Waals surface area contributed by atoms with Crippen LogP contribution in [0.5, 0.6) is 0 Å². The van der Waals surface area contributed by atoms with Crippen molar-refractivity contribution in [2.24, 2.45) is 0 Å². The molecule has 1 fully saturated rings. The molecule has 0 bridgehead atoms. The first-order valence-electron chi connectivity index (χ1n) is 6.17. The van der Waals surface area contributed by atoms with Crippen LogP contribution in [-0.2, 0) is 11.3 Å². The van der Waals surface area contributed by atoms with E-state index in [0.29, 0.717) is 6.20 Å². The maximum Gasteiger partial charge on any atom is 0.406 e. The molecule has 4 N–H and O–H groups in total. The molecule has 124 valence electrons. The number of alkyl halides is 3. The van der Waals surface area contributed by atoms with E-state index in [1.807, 2.05) is 0 Å². The largest absolute Gasteiger partial charge is 0.406 e. The first kappa shape index (κ1) is 16.7. The molecule has 0 spiro atoms. The number of hydrogen-bond donors (Lipinski definition) is 4. The van der Waals surface area contributed by atoms with Crippen molar-refractivity contribution in [1.29, 1.82) is 0 Å². The highest BCUT2D eigenvalue weighted by Gasteiger charge is 2.44. The van der Waals surface area contributed by atoms with Gasteiger partial charge in [0.15, 0.2) is 0 Å². The highest BCUT2D eigenvalue weighted by Crippen LogP contribution is 2.31. The minimum atomic E-state index is -4.69. The van der Waals surface area contributed by atoms with Crippen LogP contribution in [0.2, 0.25) is 0 Å². The van der Waals surface area contributed by atoms with Crippen LogP contribution in [0, 0.1) is 0 Å². The van der Waals surface area contributed by atoms with Crippen LogP contribution in [0.4, 0.5) is 13.2 Å². The maximum atomic E-state index is 12.4. The van der Waals surface area contributed by atoms with Crippen molar-refractivity contribution >= 4 is 0 Å². The predicted octanol–water partition coefficient (Wildman–Crippen LogP) is -1.75. The monoisotopic (exact) mass is 326 g/mol. The third-order valence-electron chi connectivity index (χ3n) is 3.24. The average Bonchev–Trinajstić information content (AvgIpc) is 2.68. The Kier molecular flexibility index (Phi) is 4.42. The van der Waals surface area contributed by atoms with Crippen LogP contribution in [0.3, 0.4) is 0 Å². The summed E-state index contributed by atoms with van der Waals surface area (Å²) in [5.74, 6) is 0. The van der Waals surface area contributed by atoms with E-state index in [1.54, 1.807) is 4.98 Å². The molecule has 0 aromatic carbocycles. The number of nitrogens with one attached hydrogen (secondary N) is 1. The molecule has 1 aliphatic rings. The van der Waals surface area contributed by atoms with Crippen molar-refractivity contribution in [2.45, 2.75) is 37.1 Å². The van der Waals surface area contributed by atoms with Crippen LogP contribution >= 0.6 is 0 Å². The number of nitrogens with zero attached hydrogens (tertiary/aromatic N) is 1. The number of hydrogen-bond acceptors (Lipinski definition) is 6. The molecule has 22 heavy (non-hydrogen) atoms. The summed E-state index contributed by atoms with van der Waals surface area (Å²) >= 11 is 0. The minimum absolute atomic E-state index is 0.214. The molecule has 0 saturated carbocycles. The van der Waals surface area contributed by atoms with Gasteiger partial charge < -0.3 is 20.1 Å². The standard InChI is InChI=1S/C11H13F3N2O6/c12-11(13,14)3-16-1-4(9(20)15-10(16)21)8-7(19)6(18)5(2-17)22-8/h1,5-8,17-19H,2-3H2,(H,15,20,21)/t5-,6+,7+,8+/m1/s1. The summed E-state index contributed by atoms with van der Waals surface area (Å²) in [5.41, 5.74) is -2.76. The molecule has 2 heterocycles. The Balaban J connectivity index is 2.42. The van der Waals surface area contributed by atoms with E-state index in [4.69, 9.17) is 9.84 Å². The van der Waals surface area contributed by atoms with E-state index in [2.05, 4.69) is 0 Å². The van der Waals surface area contributed by atoms with E-state index in [0.717, 1.165) is 0 Å². The lowest BCUT2D eigenvalue weighted by atomic mass is 10.0. The lowest BCUT2D eigenvalue weighted by Gasteiger charge is -2.16. The number of aromatic amines is 1. The molecule has 11 heteroatoms.